The monoisotopic (exact) mass is 418 g/mol. The van der Waals surface area contributed by atoms with Crippen LogP contribution in [0.5, 0.6) is 0 Å². The van der Waals surface area contributed by atoms with Crippen LogP contribution < -0.4 is 0 Å². The molecule has 136 valence electrons. The van der Waals surface area contributed by atoms with Crippen LogP contribution in [0.1, 0.15) is 40.6 Å². The van der Waals surface area contributed by atoms with Crippen LogP contribution in [0.15, 0.2) is 53.0 Å². The quantitative estimate of drug-likeness (QED) is 0.428. The number of benzene rings is 2. The fourth-order valence-corrected chi connectivity index (χ4v) is 3.83. The van der Waals surface area contributed by atoms with Crippen molar-refractivity contribution in [2.45, 2.75) is 34.1 Å². The first-order valence-corrected chi connectivity index (χ1v) is 9.91. The van der Waals surface area contributed by atoms with E-state index in [0.717, 1.165) is 27.7 Å². The fourth-order valence-electron chi connectivity index (χ4n) is 3.57. The minimum atomic E-state index is 0.670. The molecule has 1 aromatic heterocycles. The van der Waals surface area contributed by atoms with E-state index in [-0.39, 0.29) is 0 Å². The Labute approximate surface area is 169 Å². The molecule has 0 aliphatic carbocycles. The maximum atomic E-state index is 9.68. The topological polar surface area (TPSA) is 28.7 Å². The normalized spacial score (nSPS) is 11.5. The average molecular weight is 419 g/mol. The van der Waals surface area contributed by atoms with Crippen LogP contribution >= 0.6 is 15.9 Å². The van der Waals surface area contributed by atoms with E-state index in [1.807, 2.05) is 30.3 Å². The lowest BCUT2D eigenvalue weighted by atomic mass is 10.0. The number of para-hydroxylation sites is 1. The Morgan fingerprint density at radius 3 is 2.44 bits per heavy atom. The van der Waals surface area contributed by atoms with Crippen LogP contribution in [0.25, 0.3) is 17.3 Å². The van der Waals surface area contributed by atoms with Crippen molar-refractivity contribution in [1.82, 2.24) is 4.57 Å². The SMILES string of the molecule is CCc1cccc(C)c1-n1c(C)cc(/C=C(/C#N)c2ccc(Br)cc2)c1C. The van der Waals surface area contributed by atoms with Gasteiger partial charge in [0, 0.05) is 15.9 Å². The number of allylic oxidation sites excluding steroid dienone is 1. The van der Waals surface area contributed by atoms with Crippen LogP contribution in [-0.2, 0) is 6.42 Å². The molecule has 0 amide bonds. The zero-order valence-corrected chi connectivity index (χ0v) is 17.8. The van der Waals surface area contributed by atoms with Gasteiger partial charge in [0.15, 0.2) is 0 Å². The molecular weight excluding hydrogens is 396 g/mol. The van der Waals surface area contributed by atoms with Crippen molar-refractivity contribution in [3.63, 3.8) is 0 Å². The molecule has 0 fully saturated rings. The summed E-state index contributed by atoms with van der Waals surface area (Å²) >= 11 is 3.45. The minimum absolute atomic E-state index is 0.670. The predicted molar refractivity (Wildman–Crippen MR) is 117 cm³/mol. The summed E-state index contributed by atoms with van der Waals surface area (Å²) in [5, 5.41) is 9.68. The third-order valence-corrected chi connectivity index (χ3v) is 5.50. The largest absolute Gasteiger partial charge is 0.317 e. The molecule has 0 saturated heterocycles. The van der Waals surface area contributed by atoms with Gasteiger partial charge in [0.25, 0.3) is 0 Å². The maximum absolute atomic E-state index is 9.68. The number of hydrogen-bond donors (Lipinski definition) is 0. The Bertz CT molecular complexity index is 1050. The van der Waals surface area contributed by atoms with Gasteiger partial charge in [0.1, 0.15) is 0 Å². The molecule has 0 bridgehead atoms. The third-order valence-electron chi connectivity index (χ3n) is 4.97. The molecule has 2 aromatic carbocycles. The van der Waals surface area contributed by atoms with E-state index in [0.29, 0.717) is 5.57 Å². The van der Waals surface area contributed by atoms with Gasteiger partial charge in [-0.25, -0.2) is 0 Å². The molecule has 0 N–H and O–H groups in total. The van der Waals surface area contributed by atoms with Crippen molar-refractivity contribution < 1.29 is 0 Å². The van der Waals surface area contributed by atoms with E-state index in [1.54, 1.807) is 0 Å². The van der Waals surface area contributed by atoms with Crippen molar-refractivity contribution in [2.24, 2.45) is 0 Å². The van der Waals surface area contributed by atoms with Crippen molar-refractivity contribution in [3.05, 3.63) is 86.6 Å². The highest BCUT2D eigenvalue weighted by Gasteiger charge is 2.14. The lowest BCUT2D eigenvalue weighted by Crippen LogP contribution is -2.05. The molecule has 0 spiro atoms. The highest BCUT2D eigenvalue weighted by atomic mass is 79.9. The van der Waals surface area contributed by atoms with Crippen LogP contribution in [0.3, 0.4) is 0 Å². The minimum Gasteiger partial charge on any atom is -0.317 e. The maximum Gasteiger partial charge on any atom is 0.0998 e. The van der Waals surface area contributed by atoms with E-state index in [4.69, 9.17) is 0 Å². The molecule has 0 radical (unpaired) electrons. The molecule has 0 atom stereocenters. The number of rotatable bonds is 4. The Morgan fingerprint density at radius 1 is 1.11 bits per heavy atom. The smallest absolute Gasteiger partial charge is 0.0998 e. The van der Waals surface area contributed by atoms with Gasteiger partial charge >= 0.3 is 0 Å². The van der Waals surface area contributed by atoms with E-state index < -0.39 is 0 Å². The molecule has 0 aliphatic heterocycles. The second kappa shape index (κ2) is 7.98. The first-order chi connectivity index (χ1) is 13.0. The van der Waals surface area contributed by atoms with E-state index in [9.17, 15) is 5.26 Å². The van der Waals surface area contributed by atoms with Gasteiger partial charge in [0.05, 0.1) is 17.3 Å². The van der Waals surface area contributed by atoms with Gasteiger partial charge in [-0.15, -0.1) is 0 Å². The first-order valence-electron chi connectivity index (χ1n) is 9.11. The average Bonchev–Trinajstić information content (AvgIpc) is 2.93. The van der Waals surface area contributed by atoms with Gasteiger partial charge in [-0.2, -0.15) is 5.26 Å². The summed E-state index contributed by atoms with van der Waals surface area (Å²) < 4.78 is 3.32. The predicted octanol–water partition coefficient (Wildman–Crippen LogP) is 6.79. The summed E-state index contributed by atoms with van der Waals surface area (Å²) in [5.41, 5.74) is 8.87. The summed E-state index contributed by atoms with van der Waals surface area (Å²) in [7, 11) is 0. The second-order valence-electron chi connectivity index (χ2n) is 6.77. The Balaban J connectivity index is 2.15. The van der Waals surface area contributed by atoms with Crippen molar-refractivity contribution >= 4 is 27.6 Å². The number of hydrogen-bond acceptors (Lipinski definition) is 1. The van der Waals surface area contributed by atoms with Crippen LogP contribution in [0, 0.1) is 32.1 Å². The number of halogens is 1. The fraction of sp³-hybridized carbons (Fsp3) is 0.208. The molecule has 27 heavy (non-hydrogen) atoms. The number of aromatic nitrogens is 1. The molecule has 3 aromatic rings. The number of nitrogens with zero attached hydrogens (tertiary/aromatic N) is 2. The Hall–Kier alpha value is -2.57. The Morgan fingerprint density at radius 2 is 1.81 bits per heavy atom. The van der Waals surface area contributed by atoms with Crippen molar-refractivity contribution in [2.75, 3.05) is 0 Å². The lowest BCUT2D eigenvalue weighted by molar-refractivity contribution is 0.925. The molecule has 3 heteroatoms. The van der Waals surface area contributed by atoms with E-state index in [1.165, 1.54) is 22.5 Å². The summed E-state index contributed by atoms with van der Waals surface area (Å²) in [4.78, 5) is 0. The van der Waals surface area contributed by atoms with Crippen LogP contribution in [-0.4, -0.2) is 4.57 Å². The molecule has 1 heterocycles. The Kier molecular flexibility index (Phi) is 5.68. The molecule has 0 aliphatic rings. The van der Waals surface area contributed by atoms with Crippen molar-refractivity contribution in [3.8, 4) is 11.8 Å². The summed E-state index contributed by atoms with van der Waals surface area (Å²) in [6.45, 7) is 8.60. The zero-order chi connectivity index (χ0) is 19.6. The first kappa shape index (κ1) is 19.2. The van der Waals surface area contributed by atoms with Gasteiger partial charge < -0.3 is 4.57 Å². The highest BCUT2D eigenvalue weighted by Crippen LogP contribution is 2.29. The highest BCUT2D eigenvalue weighted by molar-refractivity contribution is 9.10. The third kappa shape index (κ3) is 3.77. The number of aryl methyl sites for hydroxylation is 3. The molecular formula is C24H23BrN2. The molecule has 0 unspecified atom stereocenters. The molecule has 2 nitrogen and oxygen atoms in total. The second-order valence-corrected chi connectivity index (χ2v) is 7.69. The molecule has 3 rings (SSSR count). The van der Waals surface area contributed by atoms with E-state index >= 15 is 0 Å². The van der Waals surface area contributed by atoms with Crippen LogP contribution in [0.4, 0.5) is 0 Å². The standard InChI is InChI=1S/C24H23BrN2/c1-5-19-8-6-7-16(2)24(19)27-17(3)13-21(18(27)4)14-22(15-26)20-9-11-23(25)12-10-20/h6-14H,5H2,1-4H3/b22-14-. The van der Waals surface area contributed by atoms with Crippen LogP contribution in [0.2, 0.25) is 0 Å². The van der Waals surface area contributed by atoms with Gasteiger partial charge in [0.2, 0.25) is 0 Å². The van der Waals surface area contributed by atoms with E-state index in [2.05, 4.69) is 78.5 Å². The summed E-state index contributed by atoms with van der Waals surface area (Å²) in [6.07, 6.45) is 2.98. The number of nitriles is 1. The molecule has 0 saturated carbocycles. The van der Waals surface area contributed by atoms with Gasteiger partial charge in [-0.3, -0.25) is 0 Å². The van der Waals surface area contributed by atoms with Gasteiger partial charge in [-0.1, -0.05) is 53.2 Å². The van der Waals surface area contributed by atoms with Gasteiger partial charge in [-0.05, 0) is 73.7 Å². The summed E-state index contributed by atoms with van der Waals surface area (Å²) in [5.74, 6) is 0. The zero-order valence-electron chi connectivity index (χ0n) is 16.2. The summed E-state index contributed by atoms with van der Waals surface area (Å²) in [6, 6.07) is 18.8. The van der Waals surface area contributed by atoms with Crippen molar-refractivity contribution in [1.29, 1.82) is 5.26 Å². The lowest BCUT2D eigenvalue weighted by Gasteiger charge is -2.17.